The third-order valence-electron chi connectivity index (χ3n) is 3.31. The molecular weight excluding hydrogens is 261 g/mol. The summed E-state index contributed by atoms with van der Waals surface area (Å²) in [5.74, 6) is -1.93. The highest BCUT2D eigenvalue weighted by atomic mass is 19.1. The lowest BCUT2D eigenvalue weighted by atomic mass is 10.0. The Hall–Kier alpha value is -1.46. The zero-order chi connectivity index (χ0) is 14.9. The van der Waals surface area contributed by atoms with Crippen LogP contribution in [0.2, 0.25) is 0 Å². The molecule has 1 aliphatic heterocycles. The van der Waals surface area contributed by atoms with Crippen molar-refractivity contribution in [1.82, 2.24) is 4.90 Å². The first-order valence-electron chi connectivity index (χ1n) is 6.69. The molecule has 5 heteroatoms. The molecule has 1 fully saturated rings. The van der Waals surface area contributed by atoms with Crippen LogP contribution in [0.25, 0.3) is 0 Å². The first-order valence-corrected chi connectivity index (χ1v) is 6.69. The predicted molar refractivity (Wildman–Crippen MR) is 73.3 cm³/mol. The highest BCUT2D eigenvalue weighted by Crippen LogP contribution is 2.22. The van der Waals surface area contributed by atoms with Crippen molar-refractivity contribution in [3.63, 3.8) is 0 Å². The third-order valence-corrected chi connectivity index (χ3v) is 3.31. The molecule has 1 aliphatic rings. The summed E-state index contributed by atoms with van der Waals surface area (Å²) in [5.41, 5.74) is 0.263. The number of rotatable bonds is 3. The zero-order valence-corrected chi connectivity index (χ0v) is 12.0. The van der Waals surface area contributed by atoms with E-state index in [4.69, 9.17) is 9.84 Å². The molecule has 1 unspecified atom stereocenters. The number of nitrogens with zero attached hydrogens (tertiary/aromatic N) is 1. The molecule has 20 heavy (non-hydrogen) atoms. The molecule has 0 radical (unpaired) electrons. The first kappa shape index (κ1) is 14.9. The molecular formula is C15H20FNO3. The Morgan fingerprint density at radius 1 is 1.55 bits per heavy atom. The number of hydrogen-bond donors (Lipinski definition) is 1. The SMILES string of the molecule is CC1CN(Cc2ccc(C(=O)O)c(F)c2)CC(C)(C)O1. The van der Waals surface area contributed by atoms with Gasteiger partial charge in [0, 0.05) is 19.6 Å². The molecule has 0 saturated carbocycles. The van der Waals surface area contributed by atoms with E-state index in [1.807, 2.05) is 20.8 Å². The van der Waals surface area contributed by atoms with E-state index in [-0.39, 0.29) is 17.3 Å². The Kier molecular flexibility index (Phi) is 4.11. The lowest BCUT2D eigenvalue weighted by Crippen LogP contribution is -2.51. The monoisotopic (exact) mass is 281 g/mol. The maximum Gasteiger partial charge on any atom is 0.338 e. The van der Waals surface area contributed by atoms with Gasteiger partial charge >= 0.3 is 5.97 Å². The fourth-order valence-corrected chi connectivity index (χ4v) is 2.79. The Balaban J connectivity index is 2.10. The number of ether oxygens (including phenoxy) is 1. The largest absolute Gasteiger partial charge is 0.478 e. The van der Waals surface area contributed by atoms with E-state index in [0.717, 1.165) is 18.7 Å². The maximum atomic E-state index is 13.7. The van der Waals surface area contributed by atoms with Crippen molar-refractivity contribution in [1.29, 1.82) is 0 Å². The predicted octanol–water partition coefficient (Wildman–Crippen LogP) is 2.52. The topological polar surface area (TPSA) is 49.8 Å². The molecule has 0 spiro atoms. The van der Waals surface area contributed by atoms with Crippen molar-refractivity contribution in [2.24, 2.45) is 0 Å². The van der Waals surface area contributed by atoms with E-state index in [1.54, 1.807) is 6.07 Å². The molecule has 1 aromatic carbocycles. The van der Waals surface area contributed by atoms with Gasteiger partial charge in [0.15, 0.2) is 0 Å². The summed E-state index contributed by atoms with van der Waals surface area (Å²) >= 11 is 0. The Morgan fingerprint density at radius 3 is 2.80 bits per heavy atom. The summed E-state index contributed by atoms with van der Waals surface area (Å²) < 4.78 is 19.5. The smallest absolute Gasteiger partial charge is 0.338 e. The molecule has 1 heterocycles. The molecule has 4 nitrogen and oxygen atoms in total. The van der Waals surface area contributed by atoms with Gasteiger partial charge in [-0.2, -0.15) is 0 Å². The number of halogens is 1. The number of aromatic carboxylic acids is 1. The molecule has 0 bridgehead atoms. The normalized spacial score (nSPS) is 22.7. The van der Waals surface area contributed by atoms with E-state index >= 15 is 0 Å². The van der Waals surface area contributed by atoms with Crippen LogP contribution in [-0.4, -0.2) is 40.8 Å². The second-order valence-electron chi connectivity index (χ2n) is 5.98. The molecule has 0 amide bonds. The van der Waals surface area contributed by atoms with Crippen LogP contribution < -0.4 is 0 Å². The summed E-state index contributed by atoms with van der Waals surface area (Å²) in [6.45, 7) is 8.22. The fourth-order valence-electron chi connectivity index (χ4n) is 2.79. The van der Waals surface area contributed by atoms with Crippen molar-refractivity contribution < 1.29 is 19.0 Å². The summed E-state index contributed by atoms with van der Waals surface area (Å²) in [5, 5.41) is 8.81. The van der Waals surface area contributed by atoms with Gasteiger partial charge in [-0.05, 0) is 38.5 Å². The minimum Gasteiger partial charge on any atom is -0.478 e. The van der Waals surface area contributed by atoms with Crippen LogP contribution in [0.4, 0.5) is 4.39 Å². The van der Waals surface area contributed by atoms with Crippen LogP contribution in [0.3, 0.4) is 0 Å². The molecule has 0 aliphatic carbocycles. The highest BCUT2D eigenvalue weighted by Gasteiger charge is 2.31. The summed E-state index contributed by atoms with van der Waals surface area (Å²) in [6, 6.07) is 4.29. The second-order valence-corrected chi connectivity index (χ2v) is 5.98. The number of carbonyl (C=O) groups is 1. The van der Waals surface area contributed by atoms with E-state index in [0.29, 0.717) is 6.54 Å². The fraction of sp³-hybridized carbons (Fsp3) is 0.533. The first-order chi connectivity index (χ1) is 9.27. The zero-order valence-electron chi connectivity index (χ0n) is 12.0. The van der Waals surface area contributed by atoms with Gasteiger partial charge in [0.2, 0.25) is 0 Å². The second kappa shape index (κ2) is 5.50. The van der Waals surface area contributed by atoms with Crippen LogP contribution in [0, 0.1) is 5.82 Å². The van der Waals surface area contributed by atoms with Crippen LogP contribution in [0.1, 0.15) is 36.7 Å². The van der Waals surface area contributed by atoms with E-state index in [1.165, 1.54) is 12.1 Å². The van der Waals surface area contributed by atoms with Crippen LogP contribution in [0.5, 0.6) is 0 Å². The minimum absolute atomic E-state index is 0.127. The van der Waals surface area contributed by atoms with Crippen LogP contribution in [-0.2, 0) is 11.3 Å². The summed E-state index contributed by atoms with van der Waals surface area (Å²) in [6.07, 6.45) is 0.127. The molecule has 0 aromatic heterocycles. The van der Waals surface area contributed by atoms with Crippen molar-refractivity contribution in [2.75, 3.05) is 13.1 Å². The molecule has 1 atom stereocenters. The average Bonchev–Trinajstić information content (AvgIpc) is 2.25. The van der Waals surface area contributed by atoms with Gasteiger partial charge in [-0.25, -0.2) is 9.18 Å². The standard InChI is InChI=1S/C15H20FNO3/c1-10-7-17(9-15(2,3)20-10)8-11-4-5-12(14(18)19)13(16)6-11/h4-6,10H,7-9H2,1-3H3,(H,18,19). The quantitative estimate of drug-likeness (QED) is 0.925. The maximum absolute atomic E-state index is 13.7. The van der Waals surface area contributed by atoms with Gasteiger partial charge in [0.25, 0.3) is 0 Å². The van der Waals surface area contributed by atoms with Crippen molar-refractivity contribution in [2.45, 2.75) is 39.0 Å². The van der Waals surface area contributed by atoms with Crippen LogP contribution in [0.15, 0.2) is 18.2 Å². The van der Waals surface area contributed by atoms with E-state index < -0.39 is 11.8 Å². The van der Waals surface area contributed by atoms with Crippen LogP contribution >= 0.6 is 0 Å². The van der Waals surface area contributed by atoms with E-state index in [9.17, 15) is 9.18 Å². The number of carboxylic acid groups (broad SMARTS) is 1. The Bertz CT molecular complexity index is 516. The number of benzene rings is 1. The molecule has 110 valence electrons. The molecule has 1 saturated heterocycles. The summed E-state index contributed by atoms with van der Waals surface area (Å²) in [4.78, 5) is 13.0. The van der Waals surface area contributed by atoms with Gasteiger partial charge < -0.3 is 9.84 Å². The van der Waals surface area contributed by atoms with Gasteiger partial charge in [-0.3, -0.25) is 4.90 Å². The molecule has 1 N–H and O–H groups in total. The molecule has 1 aromatic rings. The average molecular weight is 281 g/mol. The Morgan fingerprint density at radius 2 is 2.25 bits per heavy atom. The van der Waals surface area contributed by atoms with Gasteiger partial charge in [-0.1, -0.05) is 6.07 Å². The minimum atomic E-state index is -1.24. The van der Waals surface area contributed by atoms with E-state index in [2.05, 4.69) is 4.90 Å². The van der Waals surface area contributed by atoms with Crippen molar-refractivity contribution in [3.8, 4) is 0 Å². The lowest BCUT2D eigenvalue weighted by Gasteiger charge is -2.41. The van der Waals surface area contributed by atoms with Gasteiger partial charge in [0.05, 0.1) is 17.3 Å². The summed E-state index contributed by atoms with van der Waals surface area (Å²) in [7, 11) is 0. The highest BCUT2D eigenvalue weighted by molar-refractivity contribution is 5.87. The lowest BCUT2D eigenvalue weighted by molar-refractivity contribution is -0.130. The van der Waals surface area contributed by atoms with Crippen molar-refractivity contribution in [3.05, 3.63) is 35.1 Å². The number of hydrogen-bond acceptors (Lipinski definition) is 3. The number of carboxylic acids is 1. The number of morpholine rings is 1. The molecule has 2 rings (SSSR count). The Labute approximate surface area is 118 Å². The van der Waals surface area contributed by atoms with Gasteiger partial charge in [-0.15, -0.1) is 0 Å². The van der Waals surface area contributed by atoms with Crippen molar-refractivity contribution >= 4 is 5.97 Å². The van der Waals surface area contributed by atoms with Gasteiger partial charge in [0.1, 0.15) is 5.82 Å². The third kappa shape index (κ3) is 3.55.